The van der Waals surface area contributed by atoms with E-state index >= 15 is 0 Å². The average molecular weight is 262 g/mol. The highest BCUT2D eigenvalue weighted by Crippen LogP contribution is 2.44. The second-order valence-electron chi connectivity index (χ2n) is 5.57. The second-order valence-corrected chi connectivity index (χ2v) is 5.57. The van der Waals surface area contributed by atoms with Crippen molar-refractivity contribution in [2.45, 2.75) is 32.7 Å². The Balaban J connectivity index is 1.94. The number of hydrogen-bond acceptors (Lipinski definition) is 3. The molecular weight excluding hydrogens is 240 g/mol. The fraction of sp³-hybridized carbons (Fsp3) is 0.533. The molecule has 0 heterocycles. The zero-order chi connectivity index (χ0) is 13.9. The fourth-order valence-corrected chi connectivity index (χ4v) is 2.14. The van der Waals surface area contributed by atoms with Crippen LogP contribution in [0.2, 0.25) is 0 Å². The van der Waals surface area contributed by atoms with Gasteiger partial charge in [-0.2, -0.15) is 0 Å². The van der Waals surface area contributed by atoms with Crippen molar-refractivity contribution in [3.63, 3.8) is 0 Å². The van der Waals surface area contributed by atoms with E-state index < -0.39 is 0 Å². The number of aliphatic hydroxyl groups excluding tert-OH is 1. The van der Waals surface area contributed by atoms with Crippen molar-refractivity contribution < 1.29 is 9.90 Å². The molecule has 4 nitrogen and oxygen atoms in total. The Kier molecular flexibility index (Phi) is 4.22. The quantitative estimate of drug-likeness (QED) is 0.735. The number of carbonyl (C=O) groups excluding carboxylic acids is 1. The van der Waals surface area contributed by atoms with Crippen molar-refractivity contribution in [3.8, 4) is 0 Å². The van der Waals surface area contributed by atoms with E-state index in [1.807, 2.05) is 24.3 Å². The summed E-state index contributed by atoms with van der Waals surface area (Å²) in [6, 6.07) is 8.06. The lowest BCUT2D eigenvalue weighted by atomic mass is 10.0. The van der Waals surface area contributed by atoms with E-state index in [2.05, 4.69) is 17.6 Å². The molecule has 0 aliphatic heterocycles. The number of nitrogens with one attached hydrogen (secondary N) is 2. The lowest BCUT2D eigenvalue weighted by Gasteiger charge is -2.19. The highest BCUT2D eigenvalue weighted by molar-refractivity contribution is 5.88. The van der Waals surface area contributed by atoms with Gasteiger partial charge in [0.15, 0.2) is 0 Å². The maximum Gasteiger partial charge on any atom is 0.221 e. The number of benzene rings is 1. The minimum absolute atomic E-state index is 0.0602. The molecule has 1 amide bonds. The van der Waals surface area contributed by atoms with Crippen LogP contribution in [0.4, 0.5) is 5.69 Å². The van der Waals surface area contributed by atoms with Crippen LogP contribution in [0.25, 0.3) is 0 Å². The normalized spacial score (nSPS) is 17.8. The number of rotatable bonds is 6. The van der Waals surface area contributed by atoms with Gasteiger partial charge in [0.2, 0.25) is 5.91 Å². The summed E-state index contributed by atoms with van der Waals surface area (Å²) >= 11 is 0. The van der Waals surface area contributed by atoms with E-state index in [1.165, 1.54) is 6.92 Å². The van der Waals surface area contributed by atoms with Crippen LogP contribution in [0, 0.1) is 5.41 Å². The number of anilines is 1. The van der Waals surface area contributed by atoms with Gasteiger partial charge < -0.3 is 15.7 Å². The summed E-state index contributed by atoms with van der Waals surface area (Å²) in [6.45, 7) is 4.71. The van der Waals surface area contributed by atoms with Crippen molar-refractivity contribution >= 4 is 11.6 Å². The molecule has 0 bridgehead atoms. The van der Waals surface area contributed by atoms with Crippen LogP contribution >= 0.6 is 0 Å². The van der Waals surface area contributed by atoms with Crippen LogP contribution < -0.4 is 10.6 Å². The Hall–Kier alpha value is -1.39. The van der Waals surface area contributed by atoms with E-state index in [4.69, 9.17) is 0 Å². The summed E-state index contributed by atoms with van der Waals surface area (Å²) < 4.78 is 0. The third-order valence-electron chi connectivity index (χ3n) is 3.78. The van der Waals surface area contributed by atoms with Gasteiger partial charge in [0.25, 0.3) is 0 Å². The molecular formula is C15H22N2O2. The number of carbonyl (C=O) groups is 1. The van der Waals surface area contributed by atoms with E-state index in [9.17, 15) is 9.90 Å². The maximum atomic E-state index is 11.0. The molecule has 19 heavy (non-hydrogen) atoms. The molecule has 2 rings (SSSR count). The molecule has 0 aromatic heterocycles. The molecule has 1 aromatic rings. The van der Waals surface area contributed by atoms with Gasteiger partial charge in [0, 0.05) is 37.2 Å². The predicted octanol–water partition coefficient (Wildman–Crippen LogP) is 2.07. The van der Waals surface area contributed by atoms with Crippen LogP contribution in [0.15, 0.2) is 24.3 Å². The summed E-state index contributed by atoms with van der Waals surface area (Å²) in [5.41, 5.74) is 2.07. The van der Waals surface area contributed by atoms with Gasteiger partial charge in [-0.1, -0.05) is 12.1 Å². The van der Waals surface area contributed by atoms with E-state index in [1.54, 1.807) is 0 Å². The van der Waals surface area contributed by atoms with Crippen LogP contribution in [-0.2, 0) is 4.79 Å². The van der Waals surface area contributed by atoms with Crippen molar-refractivity contribution in [3.05, 3.63) is 29.8 Å². The number of hydrogen-bond donors (Lipinski definition) is 3. The van der Waals surface area contributed by atoms with Gasteiger partial charge in [-0.3, -0.25) is 4.79 Å². The Morgan fingerprint density at radius 1 is 1.47 bits per heavy atom. The maximum absolute atomic E-state index is 11.0. The predicted molar refractivity (Wildman–Crippen MR) is 75.9 cm³/mol. The van der Waals surface area contributed by atoms with Crippen molar-refractivity contribution in [1.82, 2.24) is 5.32 Å². The minimum Gasteiger partial charge on any atom is -0.396 e. The molecule has 1 fully saturated rings. The van der Waals surface area contributed by atoms with Gasteiger partial charge in [-0.05, 0) is 37.5 Å². The highest BCUT2D eigenvalue weighted by atomic mass is 16.3. The van der Waals surface area contributed by atoms with Gasteiger partial charge in [0.05, 0.1) is 0 Å². The summed E-state index contributed by atoms with van der Waals surface area (Å²) in [7, 11) is 0. The fourth-order valence-electron chi connectivity index (χ4n) is 2.14. The molecule has 3 N–H and O–H groups in total. The van der Waals surface area contributed by atoms with Gasteiger partial charge in [0.1, 0.15) is 0 Å². The molecule has 1 atom stereocenters. The smallest absolute Gasteiger partial charge is 0.221 e. The SMILES string of the molecule is CC(=O)Nc1cccc(C(C)NCC2(CO)CC2)c1. The van der Waals surface area contributed by atoms with Gasteiger partial charge >= 0.3 is 0 Å². The first kappa shape index (κ1) is 14.0. The van der Waals surface area contributed by atoms with Crippen LogP contribution in [0.1, 0.15) is 38.3 Å². The third kappa shape index (κ3) is 3.78. The molecule has 0 spiro atoms. The van der Waals surface area contributed by atoms with Crippen molar-refractivity contribution in [2.75, 3.05) is 18.5 Å². The van der Waals surface area contributed by atoms with Crippen molar-refractivity contribution in [1.29, 1.82) is 0 Å². The van der Waals surface area contributed by atoms with Crippen molar-refractivity contribution in [2.24, 2.45) is 5.41 Å². The van der Waals surface area contributed by atoms with Crippen LogP contribution in [0.5, 0.6) is 0 Å². The first-order valence-electron chi connectivity index (χ1n) is 6.76. The third-order valence-corrected chi connectivity index (χ3v) is 3.78. The first-order valence-corrected chi connectivity index (χ1v) is 6.76. The number of amides is 1. The second kappa shape index (κ2) is 5.72. The molecule has 0 radical (unpaired) electrons. The molecule has 1 aliphatic rings. The molecule has 1 saturated carbocycles. The zero-order valence-electron chi connectivity index (χ0n) is 11.6. The molecule has 104 valence electrons. The topological polar surface area (TPSA) is 61.4 Å². The van der Waals surface area contributed by atoms with E-state index in [-0.39, 0.29) is 24.0 Å². The van der Waals surface area contributed by atoms with E-state index in [0.29, 0.717) is 0 Å². The Labute approximate surface area is 114 Å². The minimum atomic E-state index is -0.0602. The lowest BCUT2D eigenvalue weighted by molar-refractivity contribution is -0.114. The van der Waals surface area contributed by atoms with Gasteiger partial charge in [-0.15, -0.1) is 0 Å². The largest absolute Gasteiger partial charge is 0.396 e. The summed E-state index contributed by atoms with van der Waals surface area (Å²) in [6.07, 6.45) is 2.21. The summed E-state index contributed by atoms with van der Waals surface area (Å²) in [4.78, 5) is 11.0. The first-order chi connectivity index (χ1) is 9.04. The molecule has 1 aliphatic carbocycles. The van der Waals surface area contributed by atoms with Crippen LogP contribution in [-0.4, -0.2) is 24.2 Å². The Morgan fingerprint density at radius 2 is 2.21 bits per heavy atom. The van der Waals surface area contributed by atoms with Gasteiger partial charge in [-0.25, -0.2) is 0 Å². The summed E-state index contributed by atoms with van der Waals surface area (Å²) in [5.74, 6) is -0.0602. The number of aliphatic hydroxyl groups is 1. The lowest BCUT2D eigenvalue weighted by Crippen LogP contribution is -2.28. The molecule has 4 heteroatoms. The zero-order valence-corrected chi connectivity index (χ0v) is 11.6. The average Bonchev–Trinajstić information content (AvgIpc) is 3.16. The van der Waals surface area contributed by atoms with E-state index in [0.717, 1.165) is 30.6 Å². The molecule has 1 aromatic carbocycles. The van der Waals surface area contributed by atoms with Crippen LogP contribution in [0.3, 0.4) is 0 Å². The monoisotopic (exact) mass is 262 g/mol. The highest BCUT2D eigenvalue weighted by Gasteiger charge is 2.41. The molecule has 0 saturated heterocycles. The standard InChI is InChI=1S/C15H22N2O2/c1-11(16-9-15(10-18)6-7-15)13-4-3-5-14(8-13)17-12(2)19/h3-5,8,11,16,18H,6-7,9-10H2,1-2H3,(H,17,19). The molecule has 1 unspecified atom stereocenters. The Morgan fingerprint density at radius 3 is 2.79 bits per heavy atom. The summed E-state index contributed by atoms with van der Waals surface area (Å²) in [5, 5.41) is 15.5. The Bertz CT molecular complexity index is 455.